The number of nitrogens with one attached hydrogen (secondary N) is 2. The lowest BCUT2D eigenvalue weighted by Gasteiger charge is -2.12. The van der Waals surface area contributed by atoms with E-state index in [4.69, 9.17) is 0 Å². The van der Waals surface area contributed by atoms with Crippen molar-refractivity contribution in [2.75, 3.05) is 10.6 Å². The van der Waals surface area contributed by atoms with Crippen LogP contribution in [0.4, 0.5) is 17.1 Å². The van der Waals surface area contributed by atoms with Crippen LogP contribution in [0.25, 0.3) is 0 Å². The molecule has 0 aliphatic heterocycles. The minimum atomic E-state index is -0.176. The fraction of sp³-hybridized carbons (Fsp3) is 0.182. The van der Waals surface area contributed by atoms with Gasteiger partial charge in [-0.05, 0) is 74.2 Å². The predicted molar refractivity (Wildman–Crippen MR) is 107 cm³/mol. The van der Waals surface area contributed by atoms with E-state index in [2.05, 4.69) is 35.5 Å². The van der Waals surface area contributed by atoms with Gasteiger partial charge in [0, 0.05) is 17.6 Å². The van der Waals surface area contributed by atoms with Crippen molar-refractivity contribution in [2.45, 2.75) is 27.7 Å². The number of carbonyl (C=O) groups is 1. The zero-order valence-electron chi connectivity index (χ0n) is 15.6. The highest BCUT2D eigenvalue weighted by Crippen LogP contribution is 2.23. The van der Waals surface area contributed by atoms with Gasteiger partial charge in [0.05, 0.1) is 17.4 Å². The Morgan fingerprint density at radius 3 is 2.42 bits per heavy atom. The molecular weight excluding hydrogens is 322 g/mol. The second-order valence-electron chi connectivity index (χ2n) is 6.59. The van der Waals surface area contributed by atoms with Gasteiger partial charge in [0.15, 0.2) is 0 Å². The van der Waals surface area contributed by atoms with Crippen LogP contribution >= 0.6 is 0 Å². The number of carbonyl (C=O) groups excluding carboxylic acids is 1. The van der Waals surface area contributed by atoms with Gasteiger partial charge in [0.2, 0.25) is 0 Å². The van der Waals surface area contributed by atoms with Gasteiger partial charge in [-0.2, -0.15) is 0 Å². The summed E-state index contributed by atoms with van der Waals surface area (Å²) in [4.78, 5) is 16.8. The number of hydrogen-bond donors (Lipinski definition) is 2. The zero-order chi connectivity index (χ0) is 18.7. The molecule has 0 fully saturated rings. The fourth-order valence-electron chi connectivity index (χ4n) is 2.70. The summed E-state index contributed by atoms with van der Waals surface area (Å²) in [5.41, 5.74) is 7.83. The third-order valence-corrected chi connectivity index (χ3v) is 4.65. The molecule has 1 amide bonds. The number of rotatable bonds is 4. The van der Waals surface area contributed by atoms with Crippen molar-refractivity contribution in [3.8, 4) is 0 Å². The van der Waals surface area contributed by atoms with Gasteiger partial charge < -0.3 is 10.6 Å². The maximum Gasteiger partial charge on any atom is 0.257 e. The van der Waals surface area contributed by atoms with Gasteiger partial charge in [-0.15, -0.1) is 0 Å². The highest BCUT2D eigenvalue weighted by Gasteiger charge is 2.09. The number of aromatic nitrogens is 1. The first-order valence-corrected chi connectivity index (χ1v) is 8.61. The Kier molecular flexibility index (Phi) is 5.03. The highest BCUT2D eigenvalue weighted by molar-refractivity contribution is 6.04. The Morgan fingerprint density at radius 1 is 0.846 bits per heavy atom. The normalized spacial score (nSPS) is 10.5. The molecule has 0 aliphatic carbocycles. The molecule has 0 saturated carbocycles. The van der Waals surface area contributed by atoms with Gasteiger partial charge in [0.1, 0.15) is 0 Å². The largest absolute Gasteiger partial charge is 0.354 e. The molecule has 132 valence electrons. The van der Waals surface area contributed by atoms with Crippen LogP contribution in [-0.2, 0) is 0 Å². The minimum absolute atomic E-state index is 0.176. The SMILES string of the molecule is Cc1ccc(NC(=O)c2cncc(Nc3cccc(C)c3C)c2)cc1C. The lowest BCUT2D eigenvalue weighted by Crippen LogP contribution is -2.12. The molecule has 0 saturated heterocycles. The summed E-state index contributed by atoms with van der Waals surface area (Å²) in [5.74, 6) is -0.176. The summed E-state index contributed by atoms with van der Waals surface area (Å²) >= 11 is 0. The van der Waals surface area contributed by atoms with Gasteiger partial charge in [0.25, 0.3) is 5.91 Å². The maximum atomic E-state index is 12.6. The number of nitrogens with zero attached hydrogens (tertiary/aromatic N) is 1. The third kappa shape index (κ3) is 3.91. The maximum absolute atomic E-state index is 12.6. The third-order valence-electron chi connectivity index (χ3n) is 4.65. The summed E-state index contributed by atoms with van der Waals surface area (Å²) in [5, 5.41) is 6.28. The van der Waals surface area contributed by atoms with Crippen LogP contribution in [0.3, 0.4) is 0 Å². The molecular formula is C22H23N3O. The molecule has 1 heterocycles. The van der Waals surface area contributed by atoms with Crippen LogP contribution in [0, 0.1) is 27.7 Å². The van der Waals surface area contributed by atoms with Crippen molar-refractivity contribution in [1.82, 2.24) is 4.98 Å². The Bertz CT molecular complexity index is 963. The van der Waals surface area contributed by atoms with Crippen LogP contribution in [0.15, 0.2) is 54.9 Å². The summed E-state index contributed by atoms with van der Waals surface area (Å²) < 4.78 is 0. The first kappa shape index (κ1) is 17.7. The summed E-state index contributed by atoms with van der Waals surface area (Å²) in [7, 11) is 0. The van der Waals surface area contributed by atoms with E-state index in [1.54, 1.807) is 12.4 Å². The minimum Gasteiger partial charge on any atom is -0.354 e. The van der Waals surface area contributed by atoms with E-state index in [9.17, 15) is 4.79 Å². The predicted octanol–water partition coefficient (Wildman–Crippen LogP) is 5.31. The van der Waals surface area contributed by atoms with E-state index in [1.807, 2.05) is 50.2 Å². The molecule has 0 bridgehead atoms. The van der Waals surface area contributed by atoms with Gasteiger partial charge >= 0.3 is 0 Å². The number of anilines is 3. The van der Waals surface area contributed by atoms with E-state index in [-0.39, 0.29) is 5.91 Å². The number of aryl methyl sites for hydroxylation is 3. The van der Waals surface area contributed by atoms with Crippen molar-refractivity contribution in [1.29, 1.82) is 0 Å². The van der Waals surface area contributed by atoms with Crippen molar-refractivity contribution in [2.24, 2.45) is 0 Å². The Hall–Kier alpha value is -3.14. The molecule has 0 aliphatic rings. The number of benzene rings is 2. The summed E-state index contributed by atoms with van der Waals surface area (Å²) in [6.45, 7) is 8.22. The summed E-state index contributed by atoms with van der Waals surface area (Å²) in [6.07, 6.45) is 3.29. The zero-order valence-corrected chi connectivity index (χ0v) is 15.6. The Morgan fingerprint density at radius 2 is 1.65 bits per heavy atom. The molecule has 0 radical (unpaired) electrons. The van der Waals surface area contributed by atoms with Crippen LogP contribution < -0.4 is 10.6 Å². The Labute approximate surface area is 154 Å². The van der Waals surface area contributed by atoms with E-state index in [1.165, 1.54) is 16.7 Å². The molecule has 2 aromatic carbocycles. The van der Waals surface area contributed by atoms with Crippen LogP contribution in [0.1, 0.15) is 32.6 Å². The molecule has 0 spiro atoms. The molecule has 4 nitrogen and oxygen atoms in total. The van der Waals surface area contributed by atoms with Gasteiger partial charge in [-0.1, -0.05) is 18.2 Å². The van der Waals surface area contributed by atoms with E-state index in [0.29, 0.717) is 5.56 Å². The van der Waals surface area contributed by atoms with Crippen molar-refractivity contribution in [3.05, 3.63) is 82.7 Å². The van der Waals surface area contributed by atoms with E-state index < -0.39 is 0 Å². The van der Waals surface area contributed by atoms with Crippen LogP contribution in [-0.4, -0.2) is 10.9 Å². The number of pyridine rings is 1. The van der Waals surface area contributed by atoms with Crippen LogP contribution in [0.5, 0.6) is 0 Å². The quantitative estimate of drug-likeness (QED) is 0.673. The Balaban J connectivity index is 1.79. The van der Waals surface area contributed by atoms with Crippen molar-refractivity contribution in [3.63, 3.8) is 0 Å². The molecule has 1 aromatic heterocycles. The second-order valence-corrected chi connectivity index (χ2v) is 6.59. The van der Waals surface area contributed by atoms with E-state index in [0.717, 1.165) is 22.6 Å². The molecule has 3 aromatic rings. The molecule has 26 heavy (non-hydrogen) atoms. The first-order valence-electron chi connectivity index (χ1n) is 8.61. The average molecular weight is 345 g/mol. The van der Waals surface area contributed by atoms with Crippen molar-refractivity contribution >= 4 is 23.0 Å². The molecule has 0 unspecified atom stereocenters. The molecule has 3 rings (SSSR count). The van der Waals surface area contributed by atoms with Crippen LogP contribution in [0.2, 0.25) is 0 Å². The molecule has 0 atom stereocenters. The van der Waals surface area contributed by atoms with Gasteiger partial charge in [-0.3, -0.25) is 9.78 Å². The topological polar surface area (TPSA) is 54.0 Å². The molecule has 4 heteroatoms. The fourth-order valence-corrected chi connectivity index (χ4v) is 2.70. The van der Waals surface area contributed by atoms with Gasteiger partial charge in [-0.25, -0.2) is 0 Å². The second kappa shape index (κ2) is 7.40. The lowest BCUT2D eigenvalue weighted by molar-refractivity contribution is 0.102. The highest BCUT2D eigenvalue weighted by atomic mass is 16.1. The number of hydrogen-bond acceptors (Lipinski definition) is 3. The standard InChI is InChI=1S/C22H23N3O/c1-14-8-9-19(10-16(14)3)25-22(26)18-11-20(13-23-12-18)24-21-7-5-6-15(2)17(21)4/h5-13,24H,1-4H3,(H,25,26). The number of amides is 1. The first-order chi connectivity index (χ1) is 12.4. The lowest BCUT2D eigenvalue weighted by atomic mass is 10.1. The van der Waals surface area contributed by atoms with E-state index >= 15 is 0 Å². The average Bonchev–Trinajstić information content (AvgIpc) is 2.62. The molecule has 2 N–H and O–H groups in total. The van der Waals surface area contributed by atoms with Crippen molar-refractivity contribution < 1.29 is 4.79 Å². The monoisotopic (exact) mass is 345 g/mol. The summed E-state index contributed by atoms with van der Waals surface area (Å²) in [6, 6.07) is 13.8. The smallest absolute Gasteiger partial charge is 0.257 e.